The van der Waals surface area contributed by atoms with Gasteiger partial charge in [-0.25, -0.2) is 4.79 Å². The van der Waals surface area contributed by atoms with Gasteiger partial charge in [-0.05, 0) is 24.6 Å². The number of benzene rings is 1. The molecule has 0 saturated heterocycles. The summed E-state index contributed by atoms with van der Waals surface area (Å²) in [6.07, 6.45) is 2.26. The van der Waals surface area contributed by atoms with E-state index in [-0.39, 0.29) is 30.9 Å². The Bertz CT molecular complexity index is 907. The third-order valence-corrected chi connectivity index (χ3v) is 4.53. The van der Waals surface area contributed by atoms with Crippen LogP contribution >= 0.6 is 0 Å². The summed E-state index contributed by atoms with van der Waals surface area (Å²) in [7, 11) is 1.55. The van der Waals surface area contributed by atoms with Crippen LogP contribution in [-0.2, 0) is 16.1 Å². The Morgan fingerprint density at radius 3 is 2.63 bits per heavy atom. The molecule has 0 unspecified atom stereocenters. The van der Waals surface area contributed by atoms with E-state index in [1.54, 1.807) is 36.5 Å². The number of fused-ring (bicyclic) bond motifs is 1. The van der Waals surface area contributed by atoms with Crippen molar-refractivity contribution in [3.8, 4) is 11.1 Å². The van der Waals surface area contributed by atoms with Gasteiger partial charge in [0.2, 0.25) is 11.8 Å². The van der Waals surface area contributed by atoms with Gasteiger partial charge in [-0.3, -0.25) is 19.2 Å². The molecule has 1 aliphatic rings. The fourth-order valence-electron chi connectivity index (χ4n) is 3.29. The zero-order valence-electron chi connectivity index (χ0n) is 15.3. The maximum atomic E-state index is 12.0. The van der Waals surface area contributed by atoms with Crippen LogP contribution in [0.3, 0.4) is 0 Å². The van der Waals surface area contributed by atoms with Crippen LogP contribution in [0.4, 0.5) is 16.2 Å². The molecule has 1 atom stereocenters. The Balaban J connectivity index is 2.01. The van der Waals surface area contributed by atoms with E-state index >= 15 is 0 Å². The fourth-order valence-corrected chi connectivity index (χ4v) is 3.29. The SMILES string of the molecule is CNC(=O)Cn1cc(-c2ccc3c(c2)N(C(=O)O)C[C@H](C)N3C(C)=O)cn1. The summed E-state index contributed by atoms with van der Waals surface area (Å²) in [6, 6.07) is 5.03. The van der Waals surface area contributed by atoms with E-state index in [0.29, 0.717) is 11.4 Å². The molecule has 0 spiro atoms. The zero-order chi connectivity index (χ0) is 19.7. The Labute approximate surface area is 156 Å². The molecule has 2 aromatic rings. The second kappa shape index (κ2) is 7.10. The molecule has 0 radical (unpaired) electrons. The molecule has 0 saturated carbocycles. The molecular weight excluding hydrogens is 350 g/mol. The van der Waals surface area contributed by atoms with Crippen molar-refractivity contribution in [3.63, 3.8) is 0 Å². The third kappa shape index (κ3) is 3.48. The van der Waals surface area contributed by atoms with Crippen LogP contribution in [-0.4, -0.2) is 52.4 Å². The van der Waals surface area contributed by atoms with Gasteiger partial charge in [-0.15, -0.1) is 0 Å². The number of nitrogens with one attached hydrogen (secondary N) is 1. The van der Waals surface area contributed by atoms with Crippen LogP contribution in [0, 0.1) is 0 Å². The first kappa shape index (κ1) is 18.4. The lowest BCUT2D eigenvalue weighted by molar-refractivity contribution is -0.121. The number of nitrogens with zero attached hydrogens (tertiary/aromatic N) is 4. The quantitative estimate of drug-likeness (QED) is 0.851. The highest BCUT2D eigenvalue weighted by atomic mass is 16.4. The second-order valence-corrected chi connectivity index (χ2v) is 6.43. The number of amides is 3. The van der Waals surface area contributed by atoms with E-state index in [9.17, 15) is 19.5 Å². The maximum Gasteiger partial charge on any atom is 0.411 e. The van der Waals surface area contributed by atoms with Crippen LogP contribution in [0.5, 0.6) is 0 Å². The lowest BCUT2D eigenvalue weighted by Crippen LogP contribution is -2.51. The van der Waals surface area contributed by atoms with Crippen molar-refractivity contribution in [1.29, 1.82) is 0 Å². The molecule has 2 heterocycles. The average molecular weight is 371 g/mol. The maximum absolute atomic E-state index is 12.0. The molecule has 1 aromatic carbocycles. The van der Waals surface area contributed by atoms with E-state index in [0.717, 1.165) is 11.1 Å². The third-order valence-electron chi connectivity index (χ3n) is 4.53. The first-order valence-electron chi connectivity index (χ1n) is 8.49. The zero-order valence-corrected chi connectivity index (χ0v) is 15.3. The van der Waals surface area contributed by atoms with E-state index in [1.165, 1.54) is 16.5 Å². The minimum absolute atomic E-state index is 0.0956. The monoisotopic (exact) mass is 371 g/mol. The standard InChI is InChI=1S/C18H21N5O4/c1-11-8-22(18(26)27)16-6-13(4-5-15(16)23(11)12(2)24)14-7-20-21(9-14)10-17(25)19-3/h4-7,9,11H,8,10H2,1-3H3,(H,19,25)(H,26,27)/t11-/m0/s1. The van der Waals surface area contributed by atoms with E-state index in [1.807, 2.05) is 13.0 Å². The number of carbonyl (C=O) groups is 3. The van der Waals surface area contributed by atoms with Crippen molar-refractivity contribution >= 4 is 29.3 Å². The Morgan fingerprint density at radius 1 is 1.26 bits per heavy atom. The van der Waals surface area contributed by atoms with Gasteiger partial charge in [0.05, 0.1) is 23.6 Å². The van der Waals surface area contributed by atoms with Crippen LogP contribution in [0.25, 0.3) is 11.1 Å². The number of hydrogen-bond donors (Lipinski definition) is 2. The molecule has 3 amide bonds. The van der Waals surface area contributed by atoms with Crippen molar-refractivity contribution in [2.45, 2.75) is 26.4 Å². The number of rotatable bonds is 3. The predicted molar refractivity (Wildman–Crippen MR) is 99.7 cm³/mol. The summed E-state index contributed by atoms with van der Waals surface area (Å²) in [5, 5.41) is 16.3. The minimum Gasteiger partial charge on any atom is -0.465 e. The molecule has 27 heavy (non-hydrogen) atoms. The highest BCUT2D eigenvalue weighted by molar-refractivity contribution is 6.02. The molecule has 0 bridgehead atoms. The normalized spacial score (nSPS) is 16.0. The van der Waals surface area contributed by atoms with Gasteiger partial charge >= 0.3 is 6.09 Å². The predicted octanol–water partition coefficient (Wildman–Crippen LogP) is 1.54. The van der Waals surface area contributed by atoms with Gasteiger partial charge in [0, 0.05) is 32.3 Å². The van der Waals surface area contributed by atoms with Crippen molar-refractivity contribution < 1.29 is 19.5 Å². The topological polar surface area (TPSA) is 108 Å². The molecule has 3 rings (SSSR count). The first-order chi connectivity index (χ1) is 12.8. The molecule has 9 heteroatoms. The molecule has 1 aliphatic heterocycles. The average Bonchev–Trinajstić information content (AvgIpc) is 3.08. The number of anilines is 2. The van der Waals surface area contributed by atoms with Gasteiger partial charge in [0.15, 0.2) is 0 Å². The van der Waals surface area contributed by atoms with Crippen LogP contribution in [0.2, 0.25) is 0 Å². The van der Waals surface area contributed by atoms with Gasteiger partial charge < -0.3 is 15.3 Å². The van der Waals surface area contributed by atoms with Gasteiger partial charge in [0.25, 0.3) is 0 Å². The number of hydrogen-bond acceptors (Lipinski definition) is 4. The van der Waals surface area contributed by atoms with Crippen molar-refractivity contribution in [2.24, 2.45) is 0 Å². The smallest absolute Gasteiger partial charge is 0.411 e. The molecule has 9 nitrogen and oxygen atoms in total. The van der Waals surface area contributed by atoms with Gasteiger partial charge in [0.1, 0.15) is 6.54 Å². The molecule has 1 aromatic heterocycles. The second-order valence-electron chi connectivity index (χ2n) is 6.43. The summed E-state index contributed by atoms with van der Waals surface area (Å²) in [5.74, 6) is -0.307. The van der Waals surface area contributed by atoms with Crippen molar-refractivity contribution in [3.05, 3.63) is 30.6 Å². The molecule has 142 valence electrons. The highest BCUT2D eigenvalue weighted by Crippen LogP contribution is 2.38. The van der Waals surface area contributed by atoms with E-state index < -0.39 is 6.09 Å². The lowest BCUT2D eigenvalue weighted by Gasteiger charge is -2.39. The van der Waals surface area contributed by atoms with Gasteiger partial charge in [-0.1, -0.05) is 6.07 Å². The van der Waals surface area contributed by atoms with Gasteiger partial charge in [-0.2, -0.15) is 5.10 Å². The van der Waals surface area contributed by atoms with Crippen molar-refractivity contribution in [1.82, 2.24) is 15.1 Å². The Hall–Kier alpha value is -3.36. The van der Waals surface area contributed by atoms with Crippen molar-refractivity contribution in [2.75, 3.05) is 23.4 Å². The van der Waals surface area contributed by atoms with E-state index in [4.69, 9.17) is 0 Å². The minimum atomic E-state index is -1.07. The summed E-state index contributed by atoms with van der Waals surface area (Å²) >= 11 is 0. The largest absolute Gasteiger partial charge is 0.465 e. The van der Waals surface area contributed by atoms with Crippen LogP contribution < -0.4 is 15.1 Å². The fraction of sp³-hybridized carbons (Fsp3) is 0.333. The number of carbonyl (C=O) groups excluding carboxylic acids is 2. The summed E-state index contributed by atoms with van der Waals surface area (Å²) in [4.78, 5) is 38.1. The molecular formula is C18H21N5O4. The first-order valence-corrected chi connectivity index (χ1v) is 8.49. The number of likely N-dealkylation sites (N-methyl/N-ethyl adjacent to an activating group) is 1. The summed E-state index contributed by atoms with van der Waals surface area (Å²) in [5.41, 5.74) is 2.51. The molecule has 0 aliphatic carbocycles. The van der Waals surface area contributed by atoms with E-state index in [2.05, 4.69) is 10.4 Å². The highest BCUT2D eigenvalue weighted by Gasteiger charge is 2.33. The number of aromatic nitrogens is 2. The van der Waals surface area contributed by atoms with Crippen LogP contribution in [0.1, 0.15) is 13.8 Å². The Morgan fingerprint density at radius 2 is 2.00 bits per heavy atom. The summed E-state index contributed by atoms with van der Waals surface area (Å²) in [6.45, 7) is 3.57. The lowest BCUT2D eigenvalue weighted by atomic mass is 10.0. The van der Waals surface area contributed by atoms with Crippen LogP contribution in [0.15, 0.2) is 30.6 Å². The molecule has 2 N–H and O–H groups in total. The number of carboxylic acid groups (broad SMARTS) is 1. The summed E-state index contributed by atoms with van der Waals surface area (Å²) < 4.78 is 1.51. The molecule has 0 fully saturated rings. The Kier molecular flexibility index (Phi) is 4.85.